The number of carbonyl (C=O) groups is 1. The van der Waals surface area contributed by atoms with Gasteiger partial charge in [-0.25, -0.2) is 0 Å². The molecule has 1 fully saturated rings. The molecule has 2 heterocycles. The molecule has 0 saturated carbocycles. The number of nitrogens with zero attached hydrogens (tertiary/aromatic N) is 1. The van der Waals surface area contributed by atoms with Gasteiger partial charge in [-0.2, -0.15) is 0 Å². The second-order valence-electron chi connectivity index (χ2n) is 5.74. The van der Waals surface area contributed by atoms with Crippen molar-refractivity contribution in [2.75, 3.05) is 26.4 Å². The predicted octanol–water partition coefficient (Wildman–Crippen LogP) is 2.45. The van der Waals surface area contributed by atoms with Crippen LogP contribution in [0, 0.1) is 11.8 Å². The highest BCUT2D eigenvalue weighted by molar-refractivity contribution is 5.79. The first-order chi connectivity index (χ1) is 9.78. The van der Waals surface area contributed by atoms with Crippen LogP contribution in [0.3, 0.4) is 0 Å². The fraction of sp³-hybridized carbons (Fsp3) is 0.562. The van der Waals surface area contributed by atoms with Crippen LogP contribution in [0.15, 0.2) is 24.3 Å². The van der Waals surface area contributed by atoms with Gasteiger partial charge in [-0.3, -0.25) is 9.18 Å². The standard InChI is InChI=1S/C16H20FNO2/c17-10-12-5-7-18(8-6-12)16(19)14-9-13-3-1-2-4-15(13)20-11-14/h1-4,12,14H,5-11H2. The van der Waals surface area contributed by atoms with E-state index in [9.17, 15) is 9.18 Å². The molecule has 1 atom stereocenters. The van der Waals surface area contributed by atoms with Crippen LogP contribution in [0.25, 0.3) is 0 Å². The molecule has 20 heavy (non-hydrogen) atoms. The van der Waals surface area contributed by atoms with Gasteiger partial charge >= 0.3 is 0 Å². The van der Waals surface area contributed by atoms with E-state index in [0.717, 1.165) is 30.6 Å². The van der Waals surface area contributed by atoms with Crippen molar-refractivity contribution in [1.82, 2.24) is 4.90 Å². The van der Waals surface area contributed by atoms with Crippen molar-refractivity contribution in [3.05, 3.63) is 29.8 Å². The fourth-order valence-corrected chi connectivity index (χ4v) is 3.05. The number of hydrogen-bond acceptors (Lipinski definition) is 2. The minimum absolute atomic E-state index is 0.0909. The molecule has 1 amide bonds. The lowest BCUT2D eigenvalue weighted by Crippen LogP contribution is -2.45. The number of fused-ring (bicyclic) bond motifs is 1. The summed E-state index contributed by atoms with van der Waals surface area (Å²) >= 11 is 0. The van der Waals surface area contributed by atoms with Crippen LogP contribution in [0.4, 0.5) is 4.39 Å². The largest absolute Gasteiger partial charge is 0.492 e. The Morgan fingerprint density at radius 2 is 2.05 bits per heavy atom. The molecule has 3 rings (SSSR count). The van der Waals surface area contributed by atoms with Gasteiger partial charge in [-0.1, -0.05) is 18.2 Å². The highest BCUT2D eigenvalue weighted by Crippen LogP contribution is 2.28. The van der Waals surface area contributed by atoms with Gasteiger partial charge in [-0.15, -0.1) is 0 Å². The maximum absolute atomic E-state index is 12.6. The Morgan fingerprint density at radius 3 is 2.80 bits per heavy atom. The number of ether oxygens (including phenoxy) is 1. The third kappa shape index (κ3) is 2.65. The zero-order valence-corrected chi connectivity index (χ0v) is 11.6. The molecule has 0 aromatic heterocycles. The highest BCUT2D eigenvalue weighted by atomic mass is 19.1. The number of rotatable bonds is 2. The topological polar surface area (TPSA) is 29.5 Å². The minimum atomic E-state index is -0.262. The van der Waals surface area contributed by atoms with E-state index in [4.69, 9.17) is 4.74 Å². The van der Waals surface area contributed by atoms with Crippen LogP contribution in [0.2, 0.25) is 0 Å². The summed E-state index contributed by atoms with van der Waals surface area (Å²) in [5, 5.41) is 0. The average Bonchev–Trinajstić information content (AvgIpc) is 2.54. The molecule has 1 saturated heterocycles. The molecule has 2 aliphatic heterocycles. The normalized spacial score (nSPS) is 23.1. The van der Waals surface area contributed by atoms with Crippen molar-refractivity contribution in [1.29, 1.82) is 0 Å². The highest BCUT2D eigenvalue weighted by Gasteiger charge is 2.31. The van der Waals surface area contributed by atoms with Gasteiger partial charge in [0.05, 0.1) is 12.6 Å². The number of carbonyl (C=O) groups excluding carboxylic acids is 1. The van der Waals surface area contributed by atoms with E-state index in [2.05, 4.69) is 0 Å². The summed E-state index contributed by atoms with van der Waals surface area (Å²) in [6.07, 6.45) is 2.32. The molecule has 3 nitrogen and oxygen atoms in total. The van der Waals surface area contributed by atoms with E-state index < -0.39 is 0 Å². The number of amides is 1. The zero-order chi connectivity index (χ0) is 13.9. The van der Waals surface area contributed by atoms with Crippen LogP contribution in [0.5, 0.6) is 5.75 Å². The Balaban J connectivity index is 1.62. The molecule has 4 heteroatoms. The molecule has 1 aromatic rings. The average molecular weight is 277 g/mol. The summed E-state index contributed by atoms with van der Waals surface area (Å²) in [5.41, 5.74) is 1.11. The Hall–Kier alpha value is -1.58. The second-order valence-corrected chi connectivity index (χ2v) is 5.74. The van der Waals surface area contributed by atoms with Crippen molar-refractivity contribution in [3.8, 4) is 5.75 Å². The van der Waals surface area contributed by atoms with Gasteiger partial charge in [0, 0.05) is 13.1 Å². The summed E-state index contributed by atoms with van der Waals surface area (Å²) in [4.78, 5) is 14.4. The number of alkyl halides is 1. The van der Waals surface area contributed by atoms with Crippen LogP contribution in [-0.2, 0) is 11.2 Å². The molecular weight excluding hydrogens is 257 g/mol. The monoisotopic (exact) mass is 277 g/mol. The van der Waals surface area contributed by atoms with Crippen LogP contribution >= 0.6 is 0 Å². The van der Waals surface area contributed by atoms with Gasteiger partial charge < -0.3 is 9.64 Å². The summed E-state index contributed by atoms with van der Waals surface area (Å²) in [7, 11) is 0. The molecule has 0 aliphatic carbocycles. The quantitative estimate of drug-likeness (QED) is 0.831. The molecule has 2 aliphatic rings. The van der Waals surface area contributed by atoms with Crippen LogP contribution in [0.1, 0.15) is 18.4 Å². The summed E-state index contributed by atoms with van der Waals surface area (Å²) in [6.45, 7) is 1.57. The van der Waals surface area contributed by atoms with Gasteiger partial charge in [0.2, 0.25) is 5.91 Å². The molecule has 0 spiro atoms. The van der Waals surface area contributed by atoms with Crippen LogP contribution in [-0.4, -0.2) is 37.2 Å². The van der Waals surface area contributed by atoms with E-state index in [0.29, 0.717) is 19.7 Å². The number of piperidine rings is 1. The van der Waals surface area contributed by atoms with Gasteiger partial charge in [-0.05, 0) is 36.8 Å². The van der Waals surface area contributed by atoms with Crippen molar-refractivity contribution in [2.24, 2.45) is 11.8 Å². The fourth-order valence-electron chi connectivity index (χ4n) is 3.05. The van der Waals surface area contributed by atoms with E-state index in [1.807, 2.05) is 29.2 Å². The molecular formula is C16H20FNO2. The van der Waals surface area contributed by atoms with Gasteiger partial charge in [0.25, 0.3) is 0 Å². The second kappa shape index (κ2) is 5.81. The van der Waals surface area contributed by atoms with Crippen molar-refractivity contribution in [2.45, 2.75) is 19.3 Å². The summed E-state index contributed by atoms with van der Waals surface area (Å²) < 4.78 is 18.3. The SMILES string of the molecule is O=C(C1COc2ccccc2C1)N1CCC(CF)CC1. The first-order valence-electron chi connectivity index (χ1n) is 7.33. The van der Waals surface area contributed by atoms with E-state index in [-0.39, 0.29) is 24.4 Å². The van der Waals surface area contributed by atoms with E-state index >= 15 is 0 Å². The number of hydrogen-bond donors (Lipinski definition) is 0. The summed E-state index contributed by atoms with van der Waals surface area (Å²) in [6, 6.07) is 7.89. The number of halogens is 1. The lowest BCUT2D eigenvalue weighted by Gasteiger charge is -2.34. The Morgan fingerprint density at radius 1 is 1.30 bits per heavy atom. The molecule has 1 aromatic carbocycles. The Bertz CT molecular complexity index is 483. The minimum Gasteiger partial charge on any atom is -0.492 e. The molecule has 0 bridgehead atoms. The smallest absolute Gasteiger partial charge is 0.229 e. The Labute approximate surface area is 118 Å². The molecule has 0 radical (unpaired) electrons. The molecule has 1 unspecified atom stereocenters. The number of benzene rings is 1. The van der Waals surface area contributed by atoms with Gasteiger partial charge in [0.15, 0.2) is 0 Å². The van der Waals surface area contributed by atoms with Gasteiger partial charge in [0.1, 0.15) is 12.4 Å². The van der Waals surface area contributed by atoms with E-state index in [1.165, 1.54) is 0 Å². The zero-order valence-electron chi connectivity index (χ0n) is 11.6. The first-order valence-corrected chi connectivity index (χ1v) is 7.33. The maximum atomic E-state index is 12.6. The Kier molecular flexibility index (Phi) is 3.90. The number of para-hydroxylation sites is 1. The number of likely N-dealkylation sites (tertiary alicyclic amines) is 1. The first kappa shape index (κ1) is 13.4. The third-order valence-corrected chi connectivity index (χ3v) is 4.37. The predicted molar refractivity (Wildman–Crippen MR) is 74.4 cm³/mol. The molecule has 0 N–H and O–H groups in total. The van der Waals surface area contributed by atoms with Crippen molar-refractivity contribution >= 4 is 5.91 Å². The van der Waals surface area contributed by atoms with Crippen molar-refractivity contribution in [3.63, 3.8) is 0 Å². The summed E-state index contributed by atoms with van der Waals surface area (Å²) in [5.74, 6) is 1.11. The lowest BCUT2D eigenvalue weighted by atomic mass is 9.93. The lowest BCUT2D eigenvalue weighted by molar-refractivity contribution is -0.138. The third-order valence-electron chi connectivity index (χ3n) is 4.37. The van der Waals surface area contributed by atoms with Crippen LogP contribution < -0.4 is 4.74 Å². The van der Waals surface area contributed by atoms with Crippen molar-refractivity contribution < 1.29 is 13.9 Å². The van der Waals surface area contributed by atoms with E-state index in [1.54, 1.807) is 0 Å². The molecule has 108 valence electrons. The maximum Gasteiger partial charge on any atom is 0.229 e.